The van der Waals surface area contributed by atoms with Gasteiger partial charge in [0.1, 0.15) is 18.1 Å². The fourth-order valence-electron chi connectivity index (χ4n) is 1.03. The standard InChI is InChI=1S/C8H9F3N2O/c1-5(14)7-3-13(6(2)12-7)4-8(9,10)11/h3H,4H2,1-2H3. The number of imidazole rings is 1. The van der Waals surface area contributed by atoms with Crippen molar-refractivity contribution in [1.29, 1.82) is 0 Å². The van der Waals surface area contributed by atoms with Crippen molar-refractivity contribution in [3.63, 3.8) is 0 Å². The maximum atomic E-state index is 12.0. The first-order valence-corrected chi connectivity index (χ1v) is 3.91. The molecule has 0 fully saturated rings. The molecule has 1 aromatic heterocycles. The topological polar surface area (TPSA) is 34.9 Å². The predicted molar refractivity (Wildman–Crippen MR) is 43.0 cm³/mol. The number of Topliss-reactive ketones (excluding diaryl/α,β-unsaturated/α-hetero) is 1. The molecule has 0 spiro atoms. The molecule has 3 nitrogen and oxygen atoms in total. The van der Waals surface area contributed by atoms with Crippen molar-refractivity contribution in [2.24, 2.45) is 0 Å². The summed E-state index contributed by atoms with van der Waals surface area (Å²) in [5, 5.41) is 0. The highest BCUT2D eigenvalue weighted by Crippen LogP contribution is 2.18. The van der Waals surface area contributed by atoms with Gasteiger partial charge in [0.2, 0.25) is 0 Å². The van der Waals surface area contributed by atoms with Gasteiger partial charge in [-0.3, -0.25) is 4.79 Å². The van der Waals surface area contributed by atoms with E-state index in [2.05, 4.69) is 4.98 Å². The highest BCUT2D eigenvalue weighted by molar-refractivity contribution is 5.91. The number of aromatic nitrogens is 2. The van der Waals surface area contributed by atoms with Crippen molar-refractivity contribution in [3.8, 4) is 0 Å². The Labute approximate surface area is 78.6 Å². The Balaban J connectivity index is 2.94. The summed E-state index contributed by atoms with van der Waals surface area (Å²) in [4.78, 5) is 14.5. The van der Waals surface area contributed by atoms with Gasteiger partial charge in [-0.25, -0.2) is 4.98 Å². The third-order valence-corrected chi connectivity index (χ3v) is 1.69. The molecule has 0 unspecified atom stereocenters. The second kappa shape index (κ2) is 3.43. The molecule has 0 saturated heterocycles. The summed E-state index contributed by atoms with van der Waals surface area (Å²) in [7, 11) is 0. The van der Waals surface area contributed by atoms with Crippen molar-refractivity contribution in [2.75, 3.05) is 0 Å². The van der Waals surface area contributed by atoms with E-state index >= 15 is 0 Å². The van der Waals surface area contributed by atoms with Crippen LogP contribution in [0.1, 0.15) is 23.2 Å². The molecule has 1 rings (SSSR count). The number of hydrogen-bond acceptors (Lipinski definition) is 2. The molecule has 0 saturated carbocycles. The predicted octanol–water partition coefficient (Wildman–Crippen LogP) is 1.96. The van der Waals surface area contributed by atoms with Gasteiger partial charge < -0.3 is 4.57 Å². The number of carbonyl (C=O) groups excluding carboxylic acids is 1. The van der Waals surface area contributed by atoms with Crippen LogP contribution in [0.4, 0.5) is 13.2 Å². The average molecular weight is 206 g/mol. The zero-order valence-electron chi connectivity index (χ0n) is 7.72. The van der Waals surface area contributed by atoms with Gasteiger partial charge in [0, 0.05) is 13.1 Å². The average Bonchev–Trinajstić information content (AvgIpc) is 2.29. The van der Waals surface area contributed by atoms with Gasteiger partial charge in [-0.1, -0.05) is 0 Å². The van der Waals surface area contributed by atoms with E-state index in [1.165, 1.54) is 13.8 Å². The normalized spacial score (nSPS) is 11.8. The maximum absolute atomic E-state index is 12.0. The Morgan fingerprint density at radius 1 is 1.57 bits per heavy atom. The summed E-state index contributed by atoms with van der Waals surface area (Å²) in [5.74, 6) is -0.151. The number of ketones is 1. The Hall–Kier alpha value is -1.33. The fraction of sp³-hybridized carbons (Fsp3) is 0.500. The first-order valence-electron chi connectivity index (χ1n) is 3.91. The number of nitrogens with zero attached hydrogens (tertiary/aromatic N) is 2. The lowest BCUT2D eigenvalue weighted by Crippen LogP contribution is -2.17. The van der Waals surface area contributed by atoms with Crippen LogP contribution in [-0.2, 0) is 6.54 Å². The third kappa shape index (κ3) is 2.58. The Morgan fingerprint density at radius 3 is 2.50 bits per heavy atom. The van der Waals surface area contributed by atoms with Gasteiger partial charge in [0.25, 0.3) is 0 Å². The summed E-state index contributed by atoms with van der Waals surface area (Å²) in [6, 6.07) is 0. The minimum absolute atomic E-state index is 0.0618. The number of aryl methyl sites for hydroxylation is 1. The van der Waals surface area contributed by atoms with Gasteiger partial charge in [-0.05, 0) is 6.92 Å². The van der Waals surface area contributed by atoms with Gasteiger partial charge in [-0.15, -0.1) is 0 Å². The summed E-state index contributed by atoms with van der Waals surface area (Å²) in [5.41, 5.74) is 0.0618. The van der Waals surface area contributed by atoms with Crippen LogP contribution in [0.15, 0.2) is 6.20 Å². The van der Waals surface area contributed by atoms with E-state index in [1.54, 1.807) is 0 Å². The van der Waals surface area contributed by atoms with Crippen molar-refractivity contribution in [2.45, 2.75) is 26.6 Å². The fourth-order valence-corrected chi connectivity index (χ4v) is 1.03. The second-order valence-corrected chi connectivity index (χ2v) is 2.97. The first-order chi connectivity index (χ1) is 6.29. The zero-order valence-corrected chi connectivity index (χ0v) is 7.72. The lowest BCUT2D eigenvalue weighted by molar-refractivity contribution is -0.140. The molecule has 1 heterocycles. The van der Waals surface area contributed by atoms with E-state index in [9.17, 15) is 18.0 Å². The lowest BCUT2D eigenvalue weighted by Gasteiger charge is -2.07. The van der Waals surface area contributed by atoms with Crippen LogP contribution >= 0.6 is 0 Å². The number of hydrogen-bond donors (Lipinski definition) is 0. The molecule has 0 aliphatic heterocycles. The molecule has 6 heteroatoms. The highest BCUT2D eigenvalue weighted by atomic mass is 19.4. The van der Waals surface area contributed by atoms with Crippen molar-refractivity contribution >= 4 is 5.78 Å². The monoisotopic (exact) mass is 206 g/mol. The van der Waals surface area contributed by atoms with E-state index in [0.717, 1.165) is 10.8 Å². The maximum Gasteiger partial charge on any atom is 0.406 e. The van der Waals surface area contributed by atoms with Crippen LogP contribution in [0.25, 0.3) is 0 Å². The van der Waals surface area contributed by atoms with Crippen LogP contribution in [0.3, 0.4) is 0 Å². The summed E-state index contributed by atoms with van der Waals surface area (Å²) >= 11 is 0. The highest BCUT2D eigenvalue weighted by Gasteiger charge is 2.28. The van der Waals surface area contributed by atoms with Crippen molar-refractivity contribution in [1.82, 2.24) is 9.55 Å². The number of carbonyl (C=O) groups is 1. The van der Waals surface area contributed by atoms with Gasteiger partial charge >= 0.3 is 6.18 Å². The number of rotatable bonds is 2. The molecule has 0 N–H and O–H groups in total. The van der Waals surface area contributed by atoms with Crippen molar-refractivity contribution in [3.05, 3.63) is 17.7 Å². The molecular weight excluding hydrogens is 197 g/mol. The Bertz CT molecular complexity index is 354. The molecule has 0 aliphatic rings. The largest absolute Gasteiger partial charge is 0.406 e. The van der Waals surface area contributed by atoms with Gasteiger partial charge in [-0.2, -0.15) is 13.2 Å². The zero-order chi connectivity index (χ0) is 10.9. The lowest BCUT2D eigenvalue weighted by atomic mass is 10.3. The number of alkyl halides is 3. The summed E-state index contributed by atoms with van der Waals surface area (Å²) in [6.07, 6.45) is -3.18. The quantitative estimate of drug-likeness (QED) is 0.693. The Kier molecular flexibility index (Phi) is 2.64. The minimum atomic E-state index is -4.29. The first kappa shape index (κ1) is 10.7. The second-order valence-electron chi connectivity index (χ2n) is 2.97. The molecule has 78 valence electrons. The molecule has 1 aromatic rings. The van der Waals surface area contributed by atoms with Crippen LogP contribution in [0, 0.1) is 6.92 Å². The van der Waals surface area contributed by atoms with Crippen LogP contribution in [0.2, 0.25) is 0 Å². The minimum Gasteiger partial charge on any atom is -0.325 e. The molecular formula is C8H9F3N2O. The van der Waals surface area contributed by atoms with Crippen LogP contribution in [-0.4, -0.2) is 21.5 Å². The number of halogens is 3. The molecule has 0 radical (unpaired) electrons. The van der Waals surface area contributed by atoms with Crippen molar-refractivity contribution < 1.29 is 18.0 Å². The molecule has 0 amide bonds. The van der Waals surface area contributed by atoms with E-state index in [-0.39, 0.29) is 17.3 Å². The molecule has 0 bridgehead atoms. The van der Waals surface area contributed by atoms with E-state index < -0.39 is 12.7 Å². The Morgan fingerprint density at radius 2 is 2.14 bits per heavy atom. The van der Waals surface area contributed by atoms with E-state index in [0.29, 0.717) is 0 Å². The van der Waals surface area contributed by atoms with Gasteiger partial charge in [0.15, 0.2) is 5.78 Å². The molecule has 0 aliphatic carbocycles. The summed E-state index contributed by atoms with van der Waals surface area (Å²) in [6.45, 7) is 1.58. The summed E-state index contributed by atoms with van der Waals surface area (Å²) < 4.78 is 36.9. The molecule has 14 heavy (non-hydrogen) atoms. The molecule has 0 atom stereocenters. The van der Waals surface area contributed by atoms with E-state index in [1.807, 2.05) is 0 Å². The SMILES string of the molecule is CC(=O)c1cn(CC(F)(F)F)c(C)n1. The van der Waals surface area contributed by atoms with Gasteiger partial charge in [0.05, 0.1) is 0 Å². The van der Waals surface area contributed by atoms with Crippen LogP contribution < -0.4 is 0 Å². The van der Waals surface area contributed by atoms with Crippen LogP contribution in [0.5, 0.6) is 0 Å². The smallest absolute Gasteiger partial charge is 0.325 e. The molecule has 0 aromatic carbocycles. The third-order valence-electron chi connectivity index (χ3n) is 1.69. The van der Waals surface area contributed by atoms with E-state index in [4.69, 9.17) is 0 Å².